The van der Waals surface area contributed by atoms with Crippen LogP contribution in [0.1, 0.15) is 150 Å². The summed E-state index contributed by atoms with van der Waals surface area (Å²) in [5.41, 5.74) is 0. The smallest absolute Gasteiger partial charge is 0.132 e. The number of rotatable bonds is 23. The fraction of sp³-hybridized carbons (Fsp3) is 0.963. The molecular formula is C27H57NP+. The van der Waals surface area contributed by atoms with E-state index >= 15 is 0 Å². The molecule has 0 atom stereocenters. The van der Waals surface area contributed by atoms with Crippen molar-refractivity contribution in [1.29, 1.82) is 0 Å². The number of hydrogen-bond acceptors (Lipinski definition) is 1. The highest BCUT2D eigenvalue weighted by Crippen LogP contribution is 2.62. The molecule has 0 N–H and O–H groups in total. The molecule has 174 valence electrons. The molecule has 0 rings (SSSR count). The van der Waals surface area contributed by atoms with Gasteiger partial charge in [-0.05, 0) is 44.9 Å². The highest BCUT2D eigenvalue weighted by Gasteiger charge is 2.35. The van der Waals surface area contributed by atoms with Crippen LogP contribution in [0.2, 0.25) is 0 Å². The highest BCUT2D eigenvalue weighted by atomic mass is 31.2. The first kappa shape index (κ1) is 29.1. The zero-order valence-corrected chi connectivity index (χ0v) is 21.9. The molecule has 0 bridgehead atoms. The minimum atomic E-state index is -1.11. The van der Waals surface area contributed by atoms with Gasteiger partial charge in [0.05, 0.1) is 18.5 Å². The van der Waals surface area contributed by atoms with E-state index < -0.39 is 7.41 Å². The largest absolute Gasteiger partial charge is 0.142 e. The Hall–Kier alpha value is 0.100. The average Bonchev–Trinajstić information content (AvgIpc) is 2.74. The Bertz CT molecular complexity index is 299. The molecule has 0 aliphatic carbocycles. The third-order valence-electron chi connectivity index (χ3n) is 6.29. The molecule has 0 unspecified atom stereocenters. The molecule has 0 saturated heterocycles. The Morgan fingerprint density at radius 2 is 0.759 bits per heavy atom. The number of hydrogen-bond donors (Lipinski definition) is 0. The molecule has 0 aromatic heterocycles. The SMILES string of the molecule is CCC=N[P+](CCCCCCCC)(CCCCCCCC)CCCCCCCC. The summed E-state index contributed by atoms with van der Waals surface area (Å²) in [7, 11) is -1.11. The molecule has 0 amide bonds. The molecule has 29 heavy (non-hydrogen) atoms. The molecule has 0 fully saturated rings. The van der Waals surface area contributed by atoms with Gasteiger partial charge in [-0.2, -0.15) is 0 Å². The van der Waals surface area contributed by atoms with Crippen molar-refractivity contribution in [3.8, 4) is 0 Å². The molecule has 0 saturated carbocycles. The van der Waals surface area contributed by atoms with E-state index in [1.807, 2.05) is 0 Å². The Morgan fingerprint density at radius 3 is 1.07 bits per heavy atom. The zero-order chi connectivity index (χ0) is 21.5. The van der Waals surface area contributed by atoms with Crippen LogP contribution in [-0.2, 0) is 0 Å². The minimum absolute atomic E-state index is 1.11. The molecule has 1 nitrogen and oxygen atoms in total. The maximum atomic E-state index is 5.36. The van der Waals surface area contributed by atoms with E-state index in [2.05, 4.69) is 33.9 Å². The lowest BCUT2D eigenvalue weighted by atomic mass is 10.1. The van der Waals surface area contributed by atoms with Crippen LogP contribution in [0.3, 0.4) is 0 Å². The van der Waals surface area contributed by atoms with Gasteiger partial charge < -0.3 is 0 Å². The summed E-state index contributed by atoms with van der Waals surface area (Å²) >= 11 is 0. The summed E-state index contributed by atoms with van der Waals surface area (Å²) in [6.45, 7) is 9.21. The van der Waals surface area contributed by atoms with Crippen LogP contribution in [0.5, 0.6) is 0 Å². The van der Waals surface area contributed by atoms with Crippen molar-refractivity contribution in [3.63, 3.8) is 0 Å². The van der Waals surface area contributed by atoms with Crippen molar-refractivity contribution in [2.24, 2.45) is 4.76 Å². The number of unbranched alkanes of at least 4 members (excludes halogenated alkanes) is 15. The molecule has 0 spiro atoms. The summed E-state index contributed by atoms with van der Waals surface area (Å²) < 4.78 is 5.36. The first-order valence-corrected chi connectivity index (χ1v) is 15.9. The van der Waals surface area contributed by atoms with Crippen molar-refractivity contribution >= 4 is 13.6 Å². The van der Waals surface area contributed by atoms with Crippen molar-refractivity contribution in [2.75, 3.05) is 18.5 Å². The molecule has 0 aromatic rings. The van der Waals surface area contributed by atoms with E-state index in [-0.39, 0.29) is 0 Å². The Labute approximate surface area is 186 Å². The zero-order valence-electron chi connectivity index (χ0n) is 21.0. The fourth-order valence-corrected chi connectivity index (χ4v) is 8.29. The Kier molecular flexibility index (Phi) is 22.9. The molecule has 0 aliphatic heterocycles. The lowest BCUT2D eigenvalue weighted by Gasteiger charge is -2.23. The van der Waals surface area contributed by atoms with Gasteiger partial charge in [-0.1, -0.05) is 105 Å². The quantitative estimate of drug-likeness (QED) is 0.0875. The second-order valence-electron chi connectivity index (χ2n) is 9.28. The van der Waals surface area contributed by atoms with Crippen molar-refractivity contribution in [1.82, 2.24) is 0 Å². The standard InChI is InChI=1S/C27H57NP/c1-5-9-12-15-18-21-25-29(28-24-8-4,26-22-19-16-13-10-6-2)27-23-20-17-14-11-7-3/h24H,5-23,25-27H2,1-4H3/q+1. The maximum Gasteiger partial charge on any atom is 0.132 e. The van der Waals surface area contributed by atoms with E-state index in [0.717, 1.165) is 6.42 Å². The monoisotopic (exact) mass is 426 g/mol. The van der Waals surface area contributed by atoms with Crippen LogP contribution in [0.25, 0.3) is 0 Å². The lowest BCUT2D eigenvalue weighted by Crippen LogP contribution is -2.08. The molecule has 0 heterocycles. The van der Waals surface area contributed by atoms with Crippen molar-refractivity contribution < 1.29 is 0 Å². The van der Waals surface area contributed by atoms with E-state index in [9.17, 15) is 0 Å². The predicted octanol–water partition coefficient (Wildman–Crippen LogP) is 10.5. The number of nitrogens with zero attached hydrogens (tertiary/aromatic N) is 1. The predicted molar refractivity (Wildman–Crippen MR) is 140 cm³/mol. The van der Waals surface area contributed by atoms with Crippen molar-refractivity contribution in [3.05, 3.63) is 0 Å². The first-order chi connectivity index (χ1) is 14.2. The van der Waals surface area contributed by atoms with Gasteiger partial charge in [0.25, 0.3) is 0 Å². The molecule has 0 radical (unpaired) electrons. The van der Waals surface area contributed by atoms with Gasteiger partial charge in [-0.3, -0.25) is 0 Å². The highest BCUT2D eigenvalue weighted by molar-refractivity contribution is 7.74. The van der Waals surface area contributed by atoms with Gasteiger partial charge in [0.1, 0.15) is 7.41 Å². The molecular weight excluding hydrogens is 369 g/mol. The van der Waals surface area contributed by atoms with Gasteiger partial charge in [0.15, 0.2) is 0 Å². The third kappa shape index (κ3) is 18.6. The van der Waals surface area contributed by atoms with E-state index in [1.54, 1.807) is 0 Å². The van der Waals surface area contributed by atoms with Gasteiger partial charge in [0.2, 0.25) is 0 Å². The molecule has 2 heteroatoms. The summed E-state index contributed by atoms with van der Waals surface area (Å²) in [6, 6.07) is 0. The van der Waals surface area contributed by atoms with E-state index in [4.69, 9.17) is 4.76 Å². The second-order valence-corrected chi connectivity index (χ2v) is 13.0. The van der Waals surface area contributed by atoms with Crippen LogP contribution in [0, 0.1) is 0 Å². The summed E-state index contributed by atoms with van der Waals surface area (Å²) in [6.07, 6.45) is 33.3. The minimum Gasteiger partial charge on any atom is -0.142 e. The van der Waals surface area contributed by atoms with Crippen LogP contribution in [0.15, 0.2) is 4.76 Å². The third-order valence-corrected chi connectivity index (χ3v) is 10.4. The maximum absolute atomic E-state index is 5.36. The van der Waals surface area contributed by atoms with Crippen LogP contribution >= 0.6 is 7.41 Å². The Balaban J connectivity index is 4.59. The Morgan fingerprint density at radius 1 is 0.448 bits per heavy atom. The van der Waals surface area contributed by atoms with Gasteiger partial charge >= 0.3 is 0 Å². The first-order valence-electron chi connectivity index (χ1n) is 13.6. The normalized spacial score (nSPS) is 12.3. The lowest BCUT2D eigenvalue weighted by molar-refractivity contribution is 0.615. The fourth-order valence-electron chi connectivity index (χ4n) is 4.32. The summed E-state index contributed by atoms with van der Waals surface area (Å²) in [5.74, 6) is 0. The topological polar surface area (TPSA) is 12.4 Å². The van der Waals surface area contributed by atoms with Crippen LogP contribution in [0.4, 0.5) is 0 Å². The van der Waals surface area contributed by atoms with E-state index in [1.165, 1.54) is 134 Å². The van der Waals surface area contributed by atoms with Crippen LogP contribution in [-0.4, -0.2) is 24.7 Å². The van der Waals surface area contributed by atoms with Gasteiger partial charge in [0, 0.05) is 6.21 Å². The average molecular weight is 427 g/mol. The van der Waals surface area contributed by atoms with Crippen molar-refractivity contribution in [2.45, 2.75) is 150 Å². The summed E-state index contributed by atoms with van der Waals surface area (Å²) in [5, 5.41) is 0. The van der Waals surface area contributed by atoms with Gasteiger partial charge in [-0.25, -0.2) is 0 Å². The summed E-state index contributed by atoms with van der Waals surface area (Å²) in [4.78, 5) is 0. The van der Waals surface area contributed by atoms with Gasteiger partial charge in [-0.15, -0.1) is 4.76 Å². The second kappa shape index (κ2) is 22.8. The van der Waals surface area contributed by atoms with Crippen LogP contribution < -0.4 is 0 Å². The van der Waals surface area contributed by atoms with E-state index in [0.29, 0.717) is 0 Å². The molecule has 0 aromatic carbocycles. The molecule has 0 aliphatic rings.